The first-order valence-corrected chi connectivity index (χ1v) is 9.97. The van der Waals surface area contributed by atoms with Crippen LogP contribution in [0.5, 0.6) is 0 Å². The zero-order valence-electron chi connectivity index (χ0n) is 15.6. The molecular weight excluding hydrogens is 310 g/mol. The number of nitrogens with zero attached hydrogens (tertiary/aromatic N) is 1. The van der Waals surface area contributed by atoms with Crippen LogP contribution in [0.1, 0.15) is 63.9 Å². The Labute approximate surface area is 151 Å². The average Bonchev–Trinajstić information content (AvgIpc) is 3.21. The van der Waals surface area contributed by atoms with Crippen molar-refractivity contribution in [3.05, 3.63) is 35.9 Å². The molecule has 1 heterocycles. The number of aliphatic carboxylic acids is 1. The van der Waals surface area contributed by atoms with Crippen molar-refractivity contribution in [3.63, 3.8) is 0 Å². The highest BCUT2D eigenvalue weighted by Crippen LogP contribution is 2.62. The fourth-order valence-corrected chi connectivity index (χ4v) is 5.77. The van der Waals surface area contributed by atoms with Crippen molar-refractivity contribution >= 4 is 5.97 Å². The fraction of sp³-hybridized carbons (Fsp3) is 0.682. The molecule has 3 nitrogen and oxygen atoms in total. The molecule has 25 heavy (non-hydrogen) atoms. The first-order valence-electron chi connectivity index (χ1n) is 9.97. The number of likely N-dealkylation sites (tertiary alicyclic amines) is 1. The minimum Gasteiger partial charge on any atom is -0.481 e. The molecule has 3 heteroatoms. The molecule has 1 N–H and O–H groups in total. The Morgan fingerprint density at radius 3 is 2.76 bits per heavy atom. The normalized spacial score (nSPS) is 39.0. The molecule has 2 saturated carbocycles. The van der Waals surface area contributed by atoms with Gasteiger partial charge in [-0.15, -0.1) is 0 Å². The zero-order valence-corrected chi connectivity index (χ0v) is 15.6. The second-order valence-corrected chi connectivity index (χ2v) is 9.21. The second kappa shape index (κ2) is 6.12. The van der Waals surface area contributed by atoms with E-state index in [1.807, 2.05) is 18.2 Å². The van der Waals surface area contributed by atoms with Crippen LogP contribution in [0.15, 0.2) is 30.3 Å². The van der Waals surface area contributed by atoms with E-state index in [-0.39, 0.29) is 5.92 Å². The van der Waals surface area contributed by atoms with Crippen molar-refractivity contribution in [1.82, 2.24) is 4.90 Å². The molecule has 3 fully saturated rings. The van der Waals surface area contributed by atoms with E-state index in [0.29, 0.717) is 11.5 Å². The van der Waals surface area contributed by atoms with E-state index in [9.17, 15) is 9.90 Å². The van der Waals surface area contributed by atoms with Crippen molar-refractivity contribution in [2.45, 2.75) is 64.3 Å². The van der Waals surface area contributed by atoms with Crippen LogP contribution >= 0.6 is 0 Å². The number of rotatable bonds is 5. The Hall–Kier alpha value is -1.35. The van der Waals surface area contributed by atoms with Gasteiger partial charge in [0.25, 0.3) is 0 Å². The molecule has 1 aromatic carbocycles. The largest absolute Gasteiger partial charge is 0.481 e. The number of fused-ring (bicyclic) bond motifs is 1. The Morgan fingerprint density at radius 2 is 2.08 bits per heavy atom. The molecule has 0 radical (unpaired) electrons. The van der Waals surface area contributed by atoms with Crippen molar-refractivity contribution in [2.75, 3.05) is 13.1 Å². The van der Waals surface area contributed by atoms with E-state index in [0.717, 1.165) is 25.3 Å². The van der Waals surface area contributed by atoms with E-state index < -0.39 is 11.4 Å². The predicted octanol–water partition coefficient (Wildman–Crippen LogP) is 4.54. The maximum atomic E-state index is 12.1. The lowest BCUT2D eigenvalue weighted by molar-refractivity contribution is -0.144. The van der Waals surface area contributed by atoms with E-state index in [2.05, 4.69) is 30.9 Å². The third-order valence-corrected chi connectivity index (χ3v) is 7.54. The summed E-state index contributed by atoms with van der Waals surface area (Å²) in [4.78, 5) is 14.7. The smallest absolute Gasteiger partial charge is 0.310 e. The number of hydrogen-bond acceptors (Lipinski definition) is 2. The minimum atomic E-state index is -0.601. The third-order valence-electron chi connectivity index (χ3n) is 7.54. The Bertz CT molecular complexity index is 645. The Morgan fingerprint density at radius 1 is 1.32 bits per heavy atom. The quantitative estimate of drug-likeness (QED) is 0.855. The van der Waals surface area contributed by atoms with Gasteiger partial charge in [-0.2, -0.15) is 0 Å². The number of carboxylic acid groups (broad SMARTS) is 1. The SMILES string of the molecule is CC(CC1(C(=O)O)CC1c1ccccc1)N1C[C@@H]2CCCC[C@]2(C)C1. The van der Waals surface area contributed by atoms with Gasteiger partial charge in [-0.1, -0.05) is 50.1 Å². The molecule has 1 aromatic rings. The first-order chi connectivity index (χ1) is 11.9. The number of hydrogen-bond donors (Lipinski definition) is 1. The number of carbonyl (C=O) groups is 1. The lowest BCUT2D eigenvalue weighted by Gasteiger charge is -2.35. The molecule has 3 aliphatic rings. The molecule has 2 aliphatic carbocycles. The zero-order chi connectivity index (χ0) is 17.7. The second-order valence-electron chi connectivity index (χ2n) is 9.21. The van der Waals surface area contributed by atoms with Crippen molar-refractivity contribution in [1.29, 1.82) is 0 Å². The Balaban J connectivity index is 1.46. The van der Waals surface area contributed by atoms with E-state index in [4.69, 9.17) is 0 Å². The summed E-state index contributed by atoms with van der Waals surface area (Å²) >= 11 is 0. The molecular formula is C22H31NO2. The highest BCUT2D eigenvalue weighted by Gasteiger charge is 2.61. The van der Waals surface area contributed by atoms with Gasteiger partial charge in [-0.25, -0.2) is 0 Å². The van der Waals surface area contributed by atoms with Crippen molar-refractivity contribution in [3.8, 4) is 0 Å². The molecule has 0 aromatic heterocycles. The summed E-state index contributed by atoms with van der Waals surface area (Å²) in [5.41, 5.74) is 1.11. The van der Waals surface area contributed by atoms with E-state index in [1.165, 1.54) is 37.8 Å². The lowest BCUT2D eigenvalue weighted by atomic mass is 9.70. The molecule has 4 rings (SSSR count). The van der Waals surface area contributed by atoms with Crippen LogP contribution in [0.3, 0.4) is 0 Å². The molecule has 1 saturated heterocycles. The maximum Gasteiger partial charge on any atom is 0.310 e. The van der Waals surface area contributed by atoms with Crippen LogP contribution < -0.4 is 0 Å². The molecule has 0 amide bonds. The van der Waals surface area contributed by atoms with Crippen molar-refractivity contribution in [2.24, 2.45) is 16.7 Å². The minimum absolute atomic E-state index is 0.189. The highest BCUT2D eigenvalue weighted by atomic mass is 16.4. The average molecular weight is 341 g/mol. The standard InChI is InChI=1S/C22H31NO2/c1-16(23-14-18-10-6-7-11-21(18,2)15-23)12-22(20(24)25)13-19(22)17-8-4-3-5-9-17/h3-5,8-9,16,18-19H,6-7,10-15H2,1-2H3,(H,24,25)/t16?,18-,19?,21+,22?/m0/s1. The summed E-state index contributed by atoms with van der Waals surface area (Å²) in [6.45, 7) is 7.04. The van der Waals surface area contributed by atoms with Gasteiger partial charge in [0.05, 0.1) is 5.41 Å². The number of carboxylic acids is 1. The number of benzene rings is 1. The molecule has 5 atom stereocenters. The predicted molar refractivity (Wildman–Crippen MR) is 99.6 cm³/mol. The molecule has 0 spiro atoms. The summed E-state index contributed by atoms with van der Waals surface area (Å²) in [6, 6.07) is 10.6. The van der Waals surface area contributed by atoms with Crippen molar-refractivity contribution < 1.29 is 9.90 Å². The highest BCUT2D eigenvalue weighted by molar-refractivity contribution is 5.80. The van der Waals surface area contributed by atoms with Gasteiger partial charge in [0.2, 0.25) is 0 Å². The molecule has 136 valence electrons. The summed E-state index contributed by atoms with van der Waals surface area (Å²) in [7, 11) is 0. The van der Waals surface area contributed by atoms with Crippen LogP contribution in [0.25, 0.3) is 0 Å². The van der Waals surface area contributed by atoms with Crippen LogP contribution in [-0.2, 0) is 4.79 Å². The summed E-state index contributed by atoms with van der Waals surface area (Å²) in [5, 5.41) is 9.97. The summed E-state index contributed by atoms with van der Waals surface area (Å²) < 4.78 is 0. The van der Waals surface area contributed by atoms with Gasteiger partial charge < -0.3 is 5.11 Å². The topological polar surface area (TPSA) is 40.5 Å². The molecule has 1 aliphatic heterocycles. The van der Waals surface area contributed by atoms with Gasteiger partial charge in [0, 0.05) is 25.0 Å². The lowest BCUT2D eigenvalue weighted by Crippen LogP contribution is -2.36. The van der Waals surface area contributed by atoms with Gasteiger partial charge in [0.1, 0.15) is 0 Å². The van der Waals surface area contributed by atoms with Crippen LogP contribution in [0, 0.1) is 16.7 Å². The van der Waals surface area contributed by atoms with E-state index >= 15 is 0 Å². The molecule has 0 bridgehead atoms. The van der Waals surface area contributed by atoms with Gasteiger partial charge in [-0.3, -0.25) is 9.69 Å². The Kier molecular flexibility index (Phi) is 4.18. The van der Waals surface area contributed by atoms with Gasteiger partial charge >= 0.3 is 5.97 Å². The third kappa shape index (κ3) is 2.91. The van der Waals surface area contributed by atoms with Crippen LogP contribution in [-0.4, -0.2) is 35.1 Å². The van der Waals surface area contributed by atoms with Crippen LogP contribution in [0.2, 0.25) is 0 Å². The van der Waals surface area contributed by atoms with Gasteiger partial charge in [0.15, 0.2) is 0 Å². The summed E-state index contributed by atoms with van der Waals surface area (Å²) in [5.74, 6) is 0.402. The first kappa shape index (κ1) is 17.1. The van der Waals surface area contributed by atoms with E-state index in [1.54, 1.807) is 0 Å². The maximum absolute atomic E-state index is 12.1. The van der Waals surface area contributed by atoms with Crippen LogP contribution in [0.4, 0.5) is 0 Å². The summed E-state index contributed by atoms with van der Waals surface area (Å²) in [6.07, 6.45) is 7.02. The molecule has 3 unspecified atom stereocenters. The van der Waals surface area contributed by atoms with Gasteiger partial charge in [-0.05, 0) is 49.5 Å². The fourth-order valence-electron chi connectivity index (χ4n) is 5.77. The monoisotopic (exact) mass is 341 g/mol.